The van der Waals surface area contributed by atoms with Crippen LogP contribution in [-0.4, -0.2) is 34.6 Å². The van der Waals surface area contributed by atoms with Gasteiger partial charge < -0.3 is 10.0 Å². The Balaban J connectivity index is 2.82. The Morgan fingerprint density at radius 3 is 2.59 bits per heavy atom. The summed E-state index contributed by atoms with van der Waals surface area (Å²) in [5.74, 6) is -0.231. The maximum atomic E-state index is 10.6. The van der Waals surface area contributed by atoms with Crippen LogP contribution in [0.3, 0.4) is 0 Å². The van der Waals surface area contributed by atoms with Crippen LogP contribution in [0.15, 0.2) is 12.4 Å². The van der Waals surface area contributed by atoms with E-state index in [2.05, 4.69) is 30.7 Å². The third-order valence-electron chi connectivity index (χ3n) is 2.18. The summed E-state index contributed by atoms with van der Waals surface area (Å²) in [7, 11) is 1.71. The molecule has 0 unspecified atom stereocenters. The van der Waals surface area contributed by atoms with Crippen LogP contribution in [0.1, 0.15) is 26.5 Å². The van der Waals surface area contributed by atoms with Crippen molar-refractivity contribution in [1.29, 1.82) is 0 Å². The van der Waals surface area contributed by atoms with E-state index in [0.717, 1.165) is 12.1 Å². The second kappa shape index (κ2) is 5.12. The molecule has 5 nitrogen and oxygen atoms in total. The van der Waals surface area contributed by atoms with Gasteiger partial charge in [0, 0.05) is 18.8 Å². The number of aromatic nitrogens is 2. The van der Waals surface area contributed by atoms with E-state index in [9.17, 15) is 4.79 Å². The molecule has 0 radical (unpaired) electrons. The van der Waals surface area contributed by atoms with E-state index < -0.39 is 5.97 Å². The number of anilines is 1. The van der Waals surface area contributed by atoms with Crippen molar-refractivity contribution in [1.82, 2.24) is 9.97 Å². The predicted molar refractivity (Wildman–Crippen MR) is 66.1 cm³/mol. The van der Waals surface area contributed by atoms with Gasteiger partial charge in [0.05, 0.1) is 0 Å². The van der Waals surface area contributed by atoms with Crippen molar-refractivity contribution in [2.75, 3.05) is 18.5 Å². The Morgan fingerprint density at radius 1 is 1.41 bits per heavy atom. The SMILES string of the molecule is CN(CC(=O)O)c1cc(CC(C)(C)C)ncn1. The van der Waals surface area contributed by atoms with Gasteiger partial charge in [-0.15, -0.1) is 0 Å². The van der Waals surface area contributed by atoms with Crippen molar-refractivity contribution in [2.24, 2.45) is 5.41 Å². The highest BCUT2D eigenvalue weighted by Gasteiger charge is 2.14. The number of aliphatic carboxylic acids is 1. The number of carboxylic acids is 1. The summed E-state index contributed by atoms with van der Waals surface area (Å²) in [4.78, 5) is 20.5. The second-order valence-corrected chi connectivity index (χ2v) is 5.35. The van der Waals surface area contributed by atoms with Gasteiger partial charge in [0.1, 0.15) is 18.7 Å². The molecule has 1 aromatic rings. The molecule has 17 heavy (non-hydrogen) atoms. The lowest BCUT2D eigenvalue weighted by molar-refractivity contribution is -0.135. The van der Waals surface area contributed by atoms with Gasteiger partial charge in [0.15, 0.2) is 0 Å². The zero-order valence-corrected chi connectivity index (χ0v) is 10.8. The summed E-state index contributed by atoms with van der Waals surface area (Å²) in [6, 6.07) is 1.84. The lowest BCUT2D eigenvalue weighted by Crippen LogP contribution is -2.26. The zero-order valence-electron chi connectivity index (χ0n) is 10.8. The average molecular weight is 237 g/mol. The summed E-state index contributed by atoms with van der Waals surface area (Å²) in [5.41, 5.74) is 1.08. The lowest BCUT2D eigenvalue weighted by atomic mass is 9.90. The Labute approximate surface area is 102 Å². The standard InChI is InChI=1S/C12H19N3O2/c1-12(2,3)6-9-5-10(14-8-13-9)15(4)7-11(16)17/h5,8H,6-7H2,1-4H3,(H,16,17). The number of hydrogen-bond acceptors (Lipinski definition) is 4. The molecule has 1 aromatic heterocycles. The topological polar surface area (TPSA) is 66.3 Å². The van der Waals surface area contributed by atoms with Crippen LogP contribution in [0.25, 0.3) is 0 Å². The highest BCUT2D eigenvalue weighted by atomic mass is 16.4. The molecule has 94 valence electrons. The van der Waals surface area contributed by atoms with Crippen LogP contribution in [0.4, 0.5) is 5.82 Å². The molecule has 0 aromatic carbocycles. The van der Waals surface area contributed by atoms with Gasteiger partial charge in [-0.05, 0) is 11.8 Å². The lowest BCUT2D eigenvalue weighted by Gasteiger charge is -2.19. The van der Waals surface area contributed by atoms with E-state index >= 15 is 0 Å². The largest absolute Gasteiger partial charge is 0.480 e. The van der Waals surface area contributed by atoms with Gasteiger partial charge in [0.2, 0.25) is 0 Å². The van der Waals surface area contributed by atoms with Crippen LogP contribution in [0.5, 0.6) is 0 Å². The molecule has 1 N–H and O–H groups in total. The molecular formula is C12H19N3O2. The number of likely N-dealkylation sites (N-methyl/N-ethyl adjacent to an activating group) is 1. The summed E-state index contributed by atoms with van der Waals surface area (Å²) in [6.07, 6.45) is 2.32. The van der Waals surface area contributed by atoms with Gasteiger partial charge in [-0.25, -0.2) is 9.97 Å². The molecule has 0 aliphatic heterocycles. The molecule has 0 fully saturated rings. The van der Waals surface area contributed by atoms with E-state index in [-0.39, 0.29) is 12.0 Å². The van der Waals surface area contributed by atoms with Crippen LogP contribution in [-0.2, 0) is 11.2 Å². The number of carbonyl (C=O) groups is 1. The maximum absolute atomic E-state index is 10.6. The summed E-state index contributed by atoms with van der Waals surface area (Å²) < 4.78 is 0. The van der Waals surface area contributed by atoms with Crippen LogP contribution in [0, 0.1) is 5.41 Å². The first kappa shape index (κ1) is 13.4. The zero-order chi connectivity index (χ0) is 13.1. The van der Waals surface area contributed by atoms with Crippen LogP contribution < -0.4 is 4.90 Å². The van der Waals surface area contributed by atoms with E-state index in [0.29, 0.717) is 5.82 Å². The van der Waals surface area contributed by atoms with Crippen LogP contribution >= 0.6 is 0 Å². The van der Waals surface area contributed by atoms with Gasteiger partial charge in [-0.3, -0.25) is 4.79 Å². The third-order valence-corrected chi connectivity index (χ3v) is 2.18. The fraction of sp³-hybridized carbons (Fsp3) is 0.583. The van der Waals surface area contributed by atoms with Crippen LogP contribution in [0.2, 0.25) is 0 Å². The molecule has 1 rings (SSSR count). The summed E-state index contributed by atoms with van der Waals surface area (Å²) in [6.45, 7) is 6.34. The molecule has 0 saturated carbocycles. The minimum Gasteiger partial charge on any atom is -0.480 e. The smallest absolute Gasteiger partial charge is 0.323 e. The molecule has 1 heterocycles. The molecule has 0 aliphatic rings. The van der Waals surface area contributed by atoms with Gasteiger partial charge in [-0.2, -0.15) is 0 Å². The first-order chi connectivity index (χ1) is 7.78. The number of hydrogen-bond donors (Lipinski definition) is 1. The summed E-state index contributed by atoms with van der Waals surface area (Å²) in [5, 5.41) is 8.72. The van der Waals surface area contributed by atoms with E-state index in [4.69, 9.17) is 5.11 Å². The predicted octanol–water partition coefficient (Wildman–Crippen LogP) is 1.59. The second-order valence-electron chi connectivity index (χ2n) is 5.35. The molecule has 5 heteroatoms. The third kappa shape index (κ3) is 4.80. The first-order valence-electron chi connectivity index (χ1n) is 5.52. The van der Waals surface area contributed by atoms with E-state index in [1.807, 2.05) is 6.07 Å². The fourth-order valence-corrected chi connectivity index (χ4v) is 1.52. The minimum atomic E-state index is -0.872. The Morgan fingerprint density at radius 2 is 2.06 bits per heavy atom. The monoisotopic (exact) mass is 237 g/mol. The number of rotatable bonds is 4. The van der Waals surface area contributed by atoms with Gasteiger partial charge in [-0.1, -0.05) is 20.8 Å². The van der Waals surface area contributed by atoms with Gasteiger partial charge in [0.25, 0.3) is 0 Å². The highest BCUT2D eigenvalue weighted by Crippen LogP contribution is 2.20. The number of carboxylic acid groups (broad SMARTS) is 1. The van der Waals surface area contributed by atoms with Crippen molar-refractivity contribution >= 4 is 11.8 Å². The van der Waals surface area contributed by atoms with Crippen molar-refractivity contribution in [3.63, 3.8) is 0 Å². The van der Waals surface area contributed by atoms with Crippen molar-refractivity contribution in [2.45, 2.75) is 27.2 Å². The number of nitrogens with zero attached hydrogens (tertiary/aromatic N) is 3. The molecule has 0 saturated heterocycles. The van der Waals surface area contributed by atoms with Crippen molar-refractivity contribution in [3.05, 3.63) is 18.1 Å². The Kier molecular flexibility index (Phi) is 4.04. The Bertz CT molecular complexity index is 399. The first-order valence-corrected chi connectivity index (χ1v) is 5.52. The van der Waals surface area contributed by atoms with E-state index in [1.54, 1.807) is 11.9 Å². The molecule has 0 spiro atoms. The molecule has 0 bridgehead atoms. The molecular weight excluding hydrogens is 218 g/mol. The van der Waals surface area contributed by atoms with E-state index in [1.165, 1.54) is 6.33 Å². The molecule has 0 aliphatic carbocycles. The average Bonchev–Trinajstić information content (AvgIpc) is 2.14. The van der Waals surface area contributed by atoms with Crippen molar-refractivity contribution < 1.29 is 9.90 Å². The summed E-state index contributed by atoms with van der Waals surface area (Å²) >= 11 is 0. The highest BCUT2D eigenvalue weighted by molar-refractivity contribution is 5.72. The van der Waals surface area contributed by atoms with Gasteiger partial charge >= 0.3 is 5.97 Å². The minimum absolute atomic E-state index is 0.0635. The quantitative estimate of drug-likeness (QED) is 0.861. The maximum Gasteiger partial charge on any atom is 0.323 e. The molecule has 0 amide bonds. The van der Waals surface area contributed by atoms with Crippen molar-refractivity contribution in [3.8, 4) is 0 Å². The normalized spacial score (nSPS) is 11.3. The fourth-order valence-electron chi connectivity index (χ4n) is 1.52. The molecule has 0 atom stereocenters. The Hall–Kier alpha value is -1.65.